The molecule has 0 bridgehead atoms. The van der Waals surface area contributed by atoms with Crippen LogP contribution in [0.15, 0.2) is 46.7 Å². The number of alkyl halides is 6. The van der Waals surface area contributed by atoms with Gasteiger partial charge in [-0.3, -0.25) is 4.79 Å². The molecule has 0 unspecified atom stereocenters. The smallest absolute Gasteiger partial charge is 0.416 e. The lowest BCUT2D eigenvalue weighted by Gasteiger charge is -2.20. The summed E-state index contributed by atoms with van der Waals surface area (Å²) in [5, 5.41) is 27.1. The molecule has 0 atom stereocenters. The van der Waals surface area contributed by atoms with Crippen molar-refractivity contribution in [1.82, 2.24) is 0 Å². The fourth-order valence-corrected chi connectivity index (χ4v) is 3.16. The highest BCUT2D eigenvalue weighted by atomic mass is 19.4. The molecule has 0 aliphatic rings. The fourth-order valence-electron chi connectivity index (χ4n) is 3.16. The summed E-state index contributed by atoms with van der Waals surface area (Å²) in [4.78, 5) is 11.5. The number of halogens is 6. The van der Waals surface area contributed by atoms with Crippen molar-refractivity contribution in [1.29, 1.82) is 10.5 Å². The Morgan fingerprint density at radius 2 is 1.51 bits per heavy atom. The summed E-state index contributed by atoms with van der Waals surface area (Å²) in [5.74, 6) is -0.405. The normalized spacial score (nSPS) is 11.7. The lowest BCUT2D eigenvalue weighted by Crippen LogP contribution is -2.19. The quantitative estimate of drug-likeness (QED) is 0.108. The molecule has 0 heterocycles. The number of ether oxygens (including phenoxy) is 1. The molecular formula is C24H21F6N5O2. The number of rotatable bonds is 10. The lowest BCUT2D eigenvalue weighted by atomic mass is 10.1. The van der Waals surface area contributed by atoms with E-state index < -0.39 is 35.1 Å². The van der Waals surface area contributed by atoms with Gasteiger partial charge in [0.1, 0.15) is 17.8 Å². The molecule has 0 amide bonds. The highest BCUT2D eigenvalue weighted by molar-refractivity contribution is 5.69. The van der Waals surface area contributed by atoms with Gasteiger partial charge in [0.25, 0.3) is 0 Å². The highest BCUT2D eigenvalue weighted by Crippen LogP contribution is 2.35. The molecule has 0 saturated carbocycles. The summed E-state index contributed by atoms with van der Waals surface area (Å²) in [6, 6.07) is 8.00. The van der Waals surface area contributed by atoms with Gasteiger partial charge < -0.3 is 4.74 Å². The van der Waals surface area contributed by atoms with Gasteiger partial charge in [-0.05, 0) is 56.2 Å². The predicted molar refractivity (Wildman–Crippen MR) is 119 cm³/mol. The summed E-state index contributed by atoms with van der Waals surface area (Å²) < 4.78 is 84.2. The van der Waals surface area contributed by atoms with E-state index in [0.29, 0.717) is 31.0 Å². The largest absolute Gasteiger partial charge is 0.466 e. The third-order valence-electron chi connectivity index (χ3n) is 4.99. The Labute approximate surface area is 208 Å². The standard InChI is InChI=1S/C24H21F6N5O2/c1-2-37-22(36)6-4-3-5-11-35(21-13-19(24(28,29)30)10-8-17(21)15-32)34-33-20-12-18(23(25,26)27)9-7-16(20)14-31/h7-10,12-13H,2-6,11H2,1H3. The van der Waals surface area contributed by atoms with Crippen LogP contribution in [0.5, 0.6) is 0 Å². The third kappa shape index (κ3) is 8.49. The van der Waals surface area contributed by atoms with Gasteiger partial charge in [0, 0.05) is 13.0 Å². The molecule has 0 spiro atoms. The van der Waals surface area contributed by atoms with Crippen molar-refractivity contribution in [3.05, 3.63) is 58.7 Å². The summed E-state index contributed by atoms with van der Waals surface area (Å²) in [6.45, 7) is 1.80. The van der Waals surface area contributed by atoms with Crippen LogP contribution in [0.3, 0.4) is 0 Å². The van der Waals surface area contributed by atoms with Crippen molar-refractivity contribution in [2.45, 2.75) is 45.0 Å². The minimum absolute atomic E-state index is 0.0802. The van der Waals surface area contributed by atoms with E-state index in [4.69, 9.17) is 4.74 Å². The van der Waals surface area contributed by atoms with E-state index in [2.05, 4.69) is 10.3 Å². The number of hydrogen-bond donors (Lipinski definition) is 0. The van der Waals surface area contributed by atoms with Crippen LogP contribution in [0.25, 0.3) is 0 Å². The van der Waals surface area contributed by atoms with E-state index in [9.17, 15) is 41.7 Å². The van der Waals surface area contributed by atoms with Crippen molar-refractivity contribution in [2.24, 2.45) is 10.3 Å². The second-order valence-corrected chi connectivity index (χ2v) is 7.61. The Hall–Kier alpha value is -4.13. The molecule has 2 aromatic rings. The van der Waals surface area contributed by atoms with Gasteiger partial charge in [0.05, 0.1) is 34.5 Å². The number of anilines is 1. The van der Waals surface area contributed by atoms with Gasteiger partial charge >= 0.3 is 18.3 Å². The van der Waals surface area contributed by atoms with Crippen molar-refractivity contribution in [3.8, 4) is 12.1 Å². The molecule has 0 aromatic heterocycles. The molecule has 37 heavy (non-hydrogen) atoms. The number of carbonyl (C=O) groups is 1. The van der Waals surface area contributed by atoms with Crippen LogP contribution >= 0.6 is 0 Å². The first-order chi connectivity index (χ1) is 17.4. The predicted octanol–water partition coefficient (Wildman–Crippen LogP) is 7.10. The van der Waals surface area contributed by atoms with Crippen LogP contribution in [0.1, 0.15) is 54.9 Å². The Morgan fingerprint density at radius 1 is 0.919 bits per heavy atom. The fraction of sp³-hybridized carbons (Fsp3) is 0.375. The Balaban J connectivity index is 2.42. The van der Waals surface area contributed by atoms with Crippen molar-refractivity contribution in [2.75, 3.05) is 18.2 Å². The van der Waals surface area contributed by atoms with E-state index in [0.717, 1.165) is 23.2 Å². The van der Waals surface area contributed by atoms with Crippen LogP contribution < -0.4 is 5.01 Å². The maximum Gasteiger partial charge on any atom is 0.416 e. The number of benzene rings is 2. The Kier molecular flexibility index (Phi) is 10.0. The van der Waals surface area contributed by atoms with Crippen LogP contribution in [-0.4, -0.2) is 19.1 Å². The zero-order valence-electron chi connectivity index (χ0n) is 19.5. The minimum atomic E-state index is -4.74. The van der Waals surface area contributed by atoms with Crippen molar-refractivity contribution in [3.63, 3.8) is 0 Å². The molecule has 0 N–H and O–H groups in total. The minimum Gasteiger partial charge on any atom is -0.466 e. The zero-order valence-corrected chi connectivity index (χ0v) is 19.5. The topological polar surface area (TPSA) is 102 Å². The van der Waals surface area contributed by atoms with Crippen molar-refractivity contribution < 1.29 is 35.9 Å². The first-order valence-electron chi connectivity index (χ1n) is 11.0. The number of nitriles is 2. The summed E-state index contributed by atoms with van der Waals surface area (Å²) >= 11 is 0. The van der Waals surface area contributed by atoms with Gasteiger partial charge in [-0.15, -0.1) is 5.11 Å². The number of hydrogen-bond acceptors (Lipinski definition) is 6. The Morgan fingerprint density at radius 3 is 2.08 bits per heavy atom. The first-order valence-corrected chi connectivity index (χ1v) is 11.0. The van der Waals surface area contributed by atoms with Gasteiger partial charge in [-0.1, -0.05) is 11.6 Å². The van der Waals surface area contributed by atoms with Gasteiger partial charge in [0.2, 0.25) is 0 Å². The second-order valence-electron chi connectivity index (χ2n) is 7.61. The lowest BCUT2D eigenvalue weighted by molar-refractivity contribution is -0.143. The molecular weight excluding hydrogens is 504 g/mol. The molecule has 13 heteroatoms. The van der Waals surface area contributed by atoms with Crippen LogP contribution in [0.4, 0.5) is 37.7 Å². The van der Waals surface area contributed by atoms with E-state index >= 15 is 0 Å². The summed E-state index contributed by atoms with van der Waals surface area (Å²) in [7, 11) is 0. The number of carbonyl (C=O) groups excluding carboxylic acids is 1. The van der Waals surface area contributed by atoms with E-state index in [1.165, 1.54) is 0 Å². The van der Waals surface area contributed by atoms with Gasteiger partial charge in [0.15, 0.2) is 0 Å². The van der Waals surface area contributed by atoms with Crippen molar-refractivity contribution >= 4 is 17.3 Å². The van der Waals surface area contributed by atoms with Crippen LogP contribution in [0.2, 0.25) is 0 Å². The molecule has 7 nitrogen and oxygen atoms in total. The summed E-state index contributed by atoms with van der Waals surface area (Å²) in [5.41, 5.74) is -3.30. The Bertz CT molecular complexity index is 1210. The average molecular weight is 525 g/mol. The second kappa shape index (κ2) is 12.7. The van der Waals surface area contributed by atoms with E-state index in [-0.39, 0.29) is 42.8 Å². The molecule has 0 aliphatic heterocycles. The van der Waals surface area contributed by atoms with Gasteiger partial charge in [-0.25, -0.2) is 5.01 Å². The third-order valence-corrected chi connectivity index (χ3v) is 4.99. The molecule has 0 fully saturated rings. The maximum absolute atomic E-state index is 13.3. The molecule has 0 aliphatic carbocycles. The van der Waals surface area contributed by atoms with Gasteiger partial charge in [-0.2, -0.15) is 36.9 Å². The molecule has 0 saturated heterocycles. The van der Waals surface area contributed by atoms with Crippen LogP contribution in [-0.2, 0) is 21.9 Å². The highest BCUT2D eigenvalue weighted by Gasteiger charge is 2.32. The summed E-state index contributed by atoms with van der Waals surface area (Å²) in [6.07, 6.45) is -8.22. The molecule has 0 radical (unpaired) electrons. The average Bonchev–Trinajstić information content (AvgIpc) is 2.84. The number of esters is 1. The SMILES string of the molecule is CCOC(=O)CCCCCN(N=Nc1cc(C(F)(F)F)ccc1C#N)c1cc(C(F)(F)F)ccc1C#N. The molecule has 2 rings (SSSR count). The molecule has 196 valence electrons. The van der Waals surface area contributed by atoms with E-state index in [1.54, 1.807) is 19.1 Å². The maximum atomic E-state index is 13.3. The monoisotopic (exact) mass is 525 g/mol. The zero-order chi connectivity index (χ0) is 27.6. The molecule has 2 aromatic carbocycles. The number of nitrogens with zero attached hydrogens (tertiary/aromatic N) is 5. The first kappa shape index (κ1) is 29.1. The van der Waals surface area contributed by atoms with Crippen LogP contribution in [0, 0.1) is 22.7 Å². The number of unbranched alkanes of at least 4 members (excludes halogenated alkanes) is 2. The van der Waals surface area contributed by atoms with E-state index in [1.807, 2.05) is 0 Å².